The summed E-state index contributed by atoms with van der Waals surface area (Å²) in [4.78, 5) is 0. The maximum atomic E-state index is 9.93. The van der Waals surface area contributed by atoms with Crippen molar-refractivity contribution in [3.8, 4) is 0 Å². The van der Waals surface area contributed by atoms with Crippen LogP contribution in [0.4, 0.5) is 0 Å². The molecular formula is C4H12O6Zr2. The van der Waals surface area contributed by atoms with E-state index in [0.29, 0.717) is 6.61 Å². The Balaban J connectivity index is 0. The molecule has 0 heterocycles. The van der Waals surface area contributed by atoms with E-state index in [1.807, 2.05) is 6.92 Å². The zero-order valence-corrected chi connectivity index (χ0v) is 11.6. The molecule has 0 aromatic rings. The SMILES string of the molecule is CCCC[O][Zr](=[O])[OH].[O]=[Zr]([OH])[OH]. The molecule has 0 aliphatic rings. The Hall–Kier alpha value is 1.21. The fraction of sp³-hybridized carbons (Fsp3) is 1.00. The van der Waals surface area contributed by atoms with Gasteiger partial charge in [0.05, 0.1) is 0 Å². The van der Waals surface area contributed by atoms with Crippen LogP contribution in [0.3, 0.4) is 0 Å². The van der Waals surface area contributed by atoms with Crippen LogP contribution < -0.4 is 0 Å². The van der Waals surface area contributed by atoms with Gasteiger partial charge in [-0.25, -0.2) is 0 Å². The predicted octanol–water partition coefficient (Wildman–Crippen LogP) is -0.646. The molecule has 0 amide bonds. The third kappa shape index (κ3) is 30.3. The first-order chi connectivity index (χ1) is 5.50. The quantitative estimate of drug-likeness (QED) is 0.589. The van der Waals surface area contributed by atoms with E-state index in [2.05, 4.69) is 2.81 Å². The van der Waals surface area contributed by atoms with E-state index in [1.54, 1.807) is 0 Å². The van der Waals surface area contributed by atoms with Gasteiger partial charge >= 0.3 is 89.6 Å². The molecule has 0 rings (SSSR count). The van der Waals surface area contributed by atoms with Crippen LogP contribution in [-0.2, 0) is 53.7 Å². The van der Waals surface area contributed by atoms with Crippen LogP contribution in [0, 0.1) is 0 Å². The first-order valence-corrected chi connectivity index (χ1v) is 9.59. The van der Waals surface area contributed by atoms with Crippen molar-refractivity contribution in [2.45, 2.75) is 19.8 Å². The molecule has 0 radical (unpaired) electrons. The summed E-state index contributed by atoms with van der Waals surface area (Å²) in [7, 11) is 0. The average molecular weight is 339 g/mol. The molecule has 0 aromatic carbocycles. The van der Waals surface area contributed by atoms with Gasteiger partial charge in [-0.1, -0.05) is 0 Å². The molecule has 8 heteroatoms. The number of hydrogen-bond acceptors (Lipinski definition) is 3. The van der Waals surface area contributed by atoms with Crippen LogP contribution in [-0.4, -0.2) is 16.2 Å². The minimum atomic E-state index is -3.79. The summed E-state index contributed by atoms with van der Waals surface area (Å²) in [6, 6.07) is 0. The molecule has 0 aromatic heterocycles. The average Bonchev–Trinajstić information content (AvgIpc) is 1.86. The molecule has 6 nitrogen and oxygen atoms in total. The summed E-state index contributed by atoms with van der Waals surface area (Å²) < 4.78 is 45.9. The third-order valence-corrected chi connectivity index (χ3v) is 1.83. The Kier molecular flexibility index (Phi) is 15.9. The van der Waals surface area contributed by atoms with Gasteiger partial charge in [0.2, 0.25) is 0 Å². The Morgan fingerprint density at radius 1 is 1.25 bits per heavy atom. The fourth-order valence-corrected chi connectivity index (χ4v) is 1.09. The van der Waals surface area contributed by atoms with E-state index in [1.165, 1.54) is 0 Å². The van der Waals surface area contributed by atoms with Gasteiger partial charge in [-0.15, -0.1) is 0 Å². The number of unbranched alkanes of at least 4 members (excludes halogenated alkanes) is 1. The molecule has 0 spiro atoms. The van der Waals surface area contributed by atoms with E-state index in [-0.39, 0.29) is 0 Å². The molecule has 0 saturated heterocycles. The fourth-order valence-electron chi connectivity index (χ4n) is 0.304. The van der Waals surface area contributed by atoms with Crippen molar-refractivity contribution in [1.82, 2.24) is 0 Å². The summed E-state index contributed by atoms with van der Waals surface area (Å²) in [6.07, 6.45) is 1.89. The maximum absolute atomic E-state index is 9.93. The Labute approximate surface area is 88.9 Å². The molecule has 0 aliphatic heterocycles. The molecule has 12 heavy (non-hydrogen) atoms. The van der Waals surface area contributed by atoms with Gasteiger partial charge in [-0.05, 0) is 0 Å². The monoisotopic (exact) mass is 336 g/mol. The zero-order valence-electron chi connectivity index (χ0n) is 6.69. The van der Waals surface area contributed by atoms with Gasteiger partial charge in [0.1, 0.15) is 0 Å². The summed E-state index contributed by atoms with van der Waals surface area (Å²) in [5.41, 5.74) is 0. The van der Waals surface area contributed by atoms with Crippen LogP contribution in [0.1, 0.15) is 19.8 Å². The standard InChI is InChI=1S/C4H9O.3H2O.2O.2Zr/c1-2-3-4-5;;;;;;;/h2-4H2,1H3;3*1H2;;;;/q-1;;;;;;2*+2/p-3. The van der Waals surface area contributed by atoms with Gasteiger partial charge in [0.25, 0.3) is 0 Å². The van der Waals surface area contributed by atoms with Gasteiger partial charge < -0.3 is 0 Å². The van der Waals surface area contributed by atoms with E-state index in [9.17, 15) is 2.81 Å². The zero-order chi connectivity index (χ0) is 9.98. The second-order valence-corrected chi connectivity index (χ2v) is 5.16. The van der Waals surface area contributed by atoms with Crippen LogP contribution in [0.25, 0.3) is 0 Å². The van der Waals surface area contributed by atoms with Gasteiger partial charge in [-0.3, -0.25) is 0 Å². The number of rotatable bonds is 4. The van der Waals surface area contributed by atoms with Crippen LogP contribution in [0.5, 0.6) is 0 Å². The molecule has 72 valence electrons. The van der Waals surface area contributed by atoms with Gasteiger partial charge in [0, 0.05) is 0 Å². The van der Waals surface area contributed by atoms with E-state index in [4.69, 9.17) is 12.4 Å². The molecule has 0 saturated carbocycles. The molecule has 0 aliphatic carbocycles. The summed E-state index contributed by atoms with van der Waals surface area (Å²) in [6.45, 7) is 2.46. The van der Waals surface area contributed by atoms with Crippen LogP contribution in [0.2, 0.25) is 0 Å². The van der Waals surface area contributed by atoms with E-state index < -0.39 is 45.3 Å². The molecule has 0 atom stereocenters. The molecule has 3 N–H and O–H groups in total. The molecule has 0 bridgehead atoms. The minimum absolute atomic E-state index is 0.450. The topological polar surface area (TPSA) is 104 Å². The van der Waals surface area contributed by atoms with Crippen molar-refractivity contribution in [3.05, 3.63) is 0 Å². The summed E-state index contributed by atoms with van der Waals surface area (Å²) in [5.74, 6) is 0. The Morgan fingerprint density at radius 2 is 1.67 bits per heavy atom. The second kappa shape index (κ2) is 12.2. The molecule has 0 unspecified atom stereocenters. The molecule has 0 fully saturated rings. The van der Waals surface area contributed by atoms with Gasteiger partial charge in [-0.2, -0.15) is 0 Å². The molecular weight excluding hydrogens is 326 g/mol. The Morgan fingerprint density at radius 3 is 1.92 bits per heavy atom. The second-order valence-electron chi connectivity index (χ2n) is 1.75. The van der Waals surface area contributed by atoms with E-state index in [0.717, 1.165) is 12.8 Å². The van der Waals surface area contributed by atoms with Crippen LogP contribution in [0.15, 0.2) is 0 Å². The predicted molar refractivity (Wildman–Crippen MR) is 28.9 cm³/mol. The summed E-state index contributed by atoms with van der Waals surface area (Å²) in [5, 5.41) is 0. The van der Waals surface area contributed by atoms with Crippen molar-refractivity contribution < 1.29 is 63.3 Å². The van der Waals surface area contributed by atoms with Crippen molar-refractivity contribution in [3.63, 3.8) is 0 Å². The Bertz CT molecular complexity index is 134. The van der Waals surface area contributed by atoms with Crippen LogP contribution >= 0.6 is 0 Å². The number of hydrogen-bond donors (Lipinski definition) is 3. The van der Waals surface area contributed by atoms with Crippen molar-refractivity contribution in [1.29, 1.82) is 0 Å². The van der Waals surface area contributed by atoms with E-state index >= 15 is 0 Å². The first kappa shape index (κ1) is 15.7. The van der Waals surface area contributed by atoms with Crippen molar-refractivity contribution in [2.24, 2.45) is 0 Å². The van der Waals surface area contributed by atoms with Crippen molar-refractivity contribution >= 4 is 0 Å². The normalized spacial score (nSPS) is 8.33. The first-order valence-electron chi connectivity index (χ1n) is 3.28. The van der Waals surface area contributed by atoms with Gasteiger partial charge in [0.15, 0.2) is 0 Å². The summed E-state index contributed by atoms with van der Waals surface area (Å²) >= 11 is -7.21. The van der Waals surface area contributed by atoms with Crippen molar-refractivity contribution in [2.75, 3.05) is 6.61 Å². The third-order valence-electron chi connectivity index (χ3n) is 0.723.